The largest absolute Gasteiger partial charge is 0.367 e. The third kappa shape index (κ3) is 2.22. The molecule has 0 aliphatic heterocycles. The van der Waals surface area contributed by atoms with E-state index in [2.05, 4.69) is 22.4 Å². The second-order valence-electron chi connectivity index (χ2n) is 4.67. The molecular weight excluding hydrogens is 222 g/mol. The van der Waals surface area contributed by atoms with E-state index < -0.39 is 0 Å². The number of hydrogen-bond donors (Lipinski definition) is 2. The third-order valence-electron chi connectivity index (χ3n) is 3.26. The van der Waals surface area contributed by atoms with E-state index in [1.54, 1.807) is 0 Å². The number of anilines is 1. The molecule has 0 radical (unpaired) electrons. The lowest BCUT2D eigenvalue weighted by Gasteiger charge is -2.13. The molecule has 0 bridgehead atoms. The highest BCUT2D eigenvalue weighted by Gasteiger charge is 2.23. The van der Waals surface area contributed by atoms with E-state index in [0.29, 0.717) is 12.6 Å². The number of hydrogen-bond acceptors (Lipinski definition) is 3. The van der Waals surface area contributed by atoms with E-state index in [1.165, 1.54) is 24.0 Å². The van der Waals surface area contributed by atoms with Gasteiger partial charge in [0.25, 0.3) is 0 Å². The Bertz CT molecular complexity index is 533. The predicted molar refractivity (Wildman–Crippen MR) is 74.2 cm³/mol. The minimum absolute atomic E-state index is 0.507. The molecule has 1 aliphatic carbocycles. The zero-order chi connectivity index (χ0) is 12.4. The monoisotopic (exact) mass is 239 g/mol. The molecule has 3 N–H and O–H groups in total. The summed E-state index contributed by atoms with van der Waals surface area (Å²) in [6.07, 6.45) is 4.33. The summed E-state index contributed by atoms with van der Waals surface area (Å²) in [4.78, 5) is 4.42. The van der Waals surface area contributed by atoms with E-state index in [4.69, 9.17) is 5.73 Å². The molecule has 1 aromatic heterocycles. The molecule has 3 rings (SSSR count). The van der Waals surface area contributed by atoms with Gasteiger partial charge in [0.05, 0.1) is 0 Å². The van der Waals surface area contributed by atoms with E-state index in [0.717, 1.165) is 11.4 Å². The van der Waals surface area contributed by atoms with E-state index >= 15 is 0 Å². The Morgan fingerprint density at radius 1 is 1.17 bits per heavy atom. The Hall–Kier alpha value is -1.87. The van der Waals surface area contributed by atoms with Crippen LogP contribution in [0.5, 0.6) is 0 Å². The number of rotatable bonds is 4. The lowest BCUT2D eigenvalue weighted by molar-refractivity contribution is 1.02. The zero-order valence-electron chi connectivity index (χ0n) is 10.3. The highest BCUT2D eigenvalue weighted by molar-refractivity contribution is 5.72. The van der Waals surface area contributed by atoms with E-state index in [9.17, 15) is 0 Å². The molecule has 18 heavy (non-hydrogen) atoms. The van der Waals surface area contributed by atoms with Crippen LogP contribution in [0.1, 0.15) is 18.4 Å². The number of nitrogens with one attached hydrogen (secondary N) is 1. The van der Waals surface area contributed by atoms with Gasteiger partial charge in [-0.3, -0.25) is 0 Å². The van der Waals surface area contributed by atoms with Crippen LogP contribution in [0.15, 0.2) is 42.6 Å². The third-order valence-corrected chi connectivity index (χ3v) is 3.26. The fourth-order valence-electron chi connectivity index (χ4n) is 2.13. The van der Waals surface area contributed by atoms with E-state index in [1.807, 2.05) is 30.5 Å². The molecule has 0 saturated heterocycles. The second-order valence-corrected chi connectivity index (χ2v) is 4.67. The molecule has 3 heteroatoms. The molecule has 1 saturated carbocycles. The fourth-order valence-corrected chi connectivity index (χ4v) is 2.13. The summed E-state index contributed by atoms with van der Waals surface area (Å²) < 4.78 is 0. The quantitative estimate of drug-likeness (QED) is 0.862. The van der Waals surface area contributed by atoms with Crippen molar-refractivity contribution in [3.63, 3.8) is 0 Å². The smallest absolute Gasteiger partial charge is 0.131 e. The van der Waals surface area contributed by atoms with Crippen LogP contribution in [-0.4, -0.2) is 11.0 Å². The number of aromatic nitrogens is 1. The first-order valence-electron chi connectivity index (χ1n) is 6.38. The molecular formula is C15H17N3. The number of nitrogens with two attached hydrogens (primary N) is 1. The molecule has 1 aromatic carbocycles. The minimum atomic E-state index is 0.507. The Morgan fingerprint density at radius 2 is 1.94 bits per heavy atom. The summed E-state index contributed by atoms with van der Waals surface area (Å²) >= 11 is 0. The molecule has 92 valence electrons. The Kier molecular flexibility index (Phi) is 2.99. The van der Waals surface area contributed by atoms with Gasteiger partial charge in [-0.05, 0) is 30.0 Å². The van der Waals surface area contributed by atoms with Gasteiger partial charge in [0.2, 0.25) is 0 Å². The van der Waals surface area contributed by atoms with E-state index in [-0.39, 0.29) is 0 Å². The van der Waals surface area contributed by atoms with Crippen LogP contribution in [-0.2, 0) is 6.54 Å². The molecule has 0 atom stereocenters. The normalized spacial score (nSPS) is 14.5. The van der Waals surface area contributed by atoms with Crippen LogP contribution in [0.4, 0.5) is 5.82 Å². The molecule has 2 aromatic rings. The van der Waals surface area contributed by atoms with Gasteiger partial charge in [-0.25, -0.2) is 4.98 Å². The summed E-state index contributed by atoms with van der Waals surface area (Å²) in [5, 5.41) is 3.45. The summed E-state index contributed by atoms with van der Waals surface area (Å²) in [5.41, 5.74) is 9.38. The SMILES string of the molecule is NCc1c(-c2ccccc2)ccnc1NC1CC1. The van der Waals surface area contributed by atoms with Gasteiger partial charge in [0.15, 0.2) is 0 Å². The van der Waals surface area contributed by atoms with Gasteiger partial charge in [0, 0.05) is 24.3 Å². The first-order chi connectivity index (χ1) is 8.88. The second kappa shape index (κ2) is 4.78. The molecule has 3 nitrogen and oxygen atoms in total. The average molecular weight is 239 g/mol. The van der Waals surface area contributed by atoms with Crippen molar-refractivity contribution in [1.29, 1.82) is 0 Å². The maximum Gasteiger partial charge on any atom is 0.131 e. The highest BCUT2D eigenvalue weighted by atomic mass is 15.0. The van der Waals surface area contributed by atoms with Gasteiger partial charge in [-0.1, -0.05) is 30.3 Å². The fraction of sp³-hybridized carbons (Fsp3) is 0.267. The molecule has 0 unspecified atom stereocenters. The van der Waals surface area contributed by atoms with Crippen molar-refractivity contribution in [3.05, 3.63) is 48.2 Å². The van der Waals surface area contributed by atoms with Crippen molar-refractivity contribution in [3.8, 4) is 11.1 Å². The van der Waals surface area contributed by atoms with Crippen LogP contribution in [0.3, 0.4) is 0 Å². The molecule has 1 fully saturated rings. The topological polar surface area (TPSA) is 50.9 Å². The molecule has 0 spiro atoms. The Labute approximate surface area is 107 Å². The minimum Gasteiger partial charge on any atom is -0.367 e. The van der Waals surface area contributed by atoms with Crippen LogP contribution >= 0.6 is 0 Å². The van der Waals surface area contributed by atoms with Crippen molar-refractivity contribution in [1.82, 2.24) is 4.98 Å². The molecule has 1 aliphatic rings. The van der Waals surface area contributed by atoms with Crippen molar-refractivity contribution >= 4 is 5.82 Å². The average Bonchev–Trinajstić information content (AvgIpc) is 3.23. The van der Waals surface area contributed by atoms with Crippen molar-refractivity contribution in [2.75, 3.05) is 5.32 Å². The molecule has 0 amide bonds. The van der Waals surface area contributed by atoms with Gasteiger partial charge < -0.3 is 11.1 Å². The Balaban J connectivity index is 2.02. The summed E-state index contributed by atoms with van der Waals surface area (Å²) in [5.74, 6) is 0.946. The van der Waals surface area contributed by atoms with Gasteiger partial charge >= 0.3 is 0 Å². The first kappa shape index (κ1) is 11.2. The van der Waals surface area contributed by atoms with Crippen LogP contribution in [0, 0.1) is 0 Å². The number of nitrogens with zero attached hydrogens (tertiary/aromatic N) is 1. The van der Waals surface area contributed by atoms with Crippen molar-refractivity contribution in [2.45, 2.75) is 25.4 Å². The lowest BCUT2D eigenvalue weighted by Crippen LogP contribution is -2.10. The predicted octanol–water partition coefficient (Wildman–Crippen LogP) is 2.78. The Morgan fingerprint density at radius 3 is 2.61 bits per heavy atom. The zero-order valence-corrected chi connectivity index (χ0v) is 10.3. The number of benzene rings is 1. The van der Waals surface area contributed by atoms with Crippen molar-refractivity contribution in [2.24, 2.45) is 5.73 Å². The van der Waals surface area contributed by atoms with Gasteiger partial charge in [-0.15, -0.1) is 0 Å². The van der Waals surface area contributed by atoms with Gasteiger partial charge in [-0.2, -0.15) is 0 Å². The maximum absolute atomic E-state index is 5.90. The van der Waals surface area contributed by atoms with Crippen molar-refractivity contribution < 1.29 is 0 Å². The van der Waals surface area contributed by atoms with Crippen LogP contribution in [0.25, 0.3) is 11.1 Å². The standard InChI is InChI=1S/C15H17N3/c16-10-14-13(11-4-2-1-3-5-11)8-9-17-15(14)18-12-6-7-12/h1-5,8-9,12H,6-7,10,16H2,(H,17,18). The van der Waals surface area contributed by atoms with Gasteiger partial charge in [0.1, 0.15) is 5.82 Å². The highest BCUT2D eigenvalue weighted by Crippen LogP contribution is 2.30. The maximum atomic E-state index is 5.90. The number of pyridine rings is 1. The summed E-state index contributed by atoms with van der Waals surface area (Å²) in [6.45, 7) is 0.507. The molecule has 1 heterocycles. The summed E-state index contributed by atoms with van der Waals surface area (Å²) in [6, 6.07) is 13.0. The first-order valence-corrected chi connectivity index (χ1v) is 6.38. The summed E-state index contributed by atoms with van der Waals surface area (Å²) in [7, 11) is 0. The van der Waals surface area contributed by atoms with Crippen LogP contribution in [0.2, 0.25) is 0 Å². The van der Waals surface area contributed by atoms with Crippen LogP contribution < -0.4 is 11.1 Å². The lowest BCUT2D eigenvalue weighted by atomic mass is 10.0.